The van der Waals surface area contributed by atoms with Gasteiger partial charge < -0.3 is 4.74 Å². The number of benzene rings is 1. The van der Waals surface area contributed by atoms with E-state index < -0.39 is 0 Å². The summed E-state index contributed by atoms with van der Waals surface area (Å²) in [5, 5.41) is 6.70. The summed E-state index contributed by atoms with van der Waals surface area (Å²) in [6.07, 6.45) is 1.78. The van der Waals surface area contributed by atoms with Gasteiger partial charge in [0, 0.05) is 6.20 Å². The highest BCUT2D eigenvalue weighted by Crippen LogP contribution is 2.09. The zero-order valence-corrected chi connectivity index (χ0v) is 7.03. The van der Waals surface area contributed by atoms with E-state index in [1.807, 2.05) is 30.3 Å². The smallest absolute Gasteiger partial charge is 0.132 e. The summed E-state index contributed by atoms with van der Waals surface area (Å²) in [6, 6.07) is 12.2. The molecule has 1 N–H and O–H groups in total. The maximum atomic E-state index is 5.45. The number of H-pyrrole nitrogens is 1. The predicted octanol–water partition coefficient (Wildman–Crippen LogP) is 1.79. The lowest BCUT2D eigenvalue weighted by atomic mass is 10.3. The Bertz CT molecular complexity index is 342. The van der Waals surface area contributed by atoms with Crippen LogP contribution in [0.1, 0.15) is 5.69 Å². The van der Waals surface area contributed by atoms with Crippen molar-refractivity contribution < 1.29 is 4.74 Å². The summed E-state index contributed by atoms with van der Waals surface area (Å²) in [4.78, 5) is 0. The van der Waals surface area contributed by atoms with E-state index in [1.54, 1.807) is 6.20 Å². The third-order valence-corrected chi connectivity index (χ3v) is 1.63. The molecular formula is C10H9N2O. The van der Waals surface area contributed by atoms with Crippen molar-refractivity contribution >= 4 is 0 Å². The van der Waals surface area contributed by atoms with Gasteiger partial charge in [0.05, 0.1) is 5.69 Å². The molecule has 0 aliphatic heterocycles. The zero-order valence-electron chi connectivity index (χ0n) is 7.03. The molecule has 1 aromatic heterocycles. The molecule has 13 heavy (non-hydrogen) atoms. The fraction of sp³-hybridized carbons (Fsp3) is 0.100. The van der Waals surface area contributed by atoms with Gasteiger partial charge in [0.1, 0.15) is 12.4 Å². The number of rotatable bonds is 3. The quantitative estimate of drug-likeness (QED) is 0.768. The molecule has 0 aliphatic carbocycles. The molecule has 0 saturated carbocycles. The van der Waals surface area contributed by atoms with Crippen molar-refractivity contribution in [3.8, 4) is 5.75 Å². The van der Waals surface area contributed by atoms with Crippen LogP contribution < -0.4 is 4.74 Å². The predicted molar refractivity (Wildman–Crippen MR) is 48.2 cm³/mol. The third-order valence-electron chi connectivity index (χ3n) is 1.63. The Morgan fingerprint density at radius 1 is 1.31 bits per heavy atom. The van der Waals surface area contributed by atoms with Crippen molar-refractivity contribution in [1.82, 2.24) is 10.2 Å². The lowest BCUT2D eigenvalue weighted by Gasteiger charge is -2.02. The van der Waals surface area contributed by atoms with Gasteiger partial charge in [0.15, 0.2) is 0 Å². The largest absolute Gasteiger partial charge is 0.487 e. The van der Waals surface area contributed by atoms with Gasteiger partial charge in [-0.15, -0.1) is 0 Å². The van der Waals surface area contributed by atoms with Gasteiger partial charge in [0.2, 0.25) is 0 Å². The highest BCUT2D eigenvalue weighted by molar-refractivity contribution is 5.20. The summed E-state index contributed by atoms with van der Waals surface area (Å²) in [5.74, 6) is 0.835. The average Bonchev–Trinajstić information content (AvgIpc) is 2.69. The van der Waals surface area contributed by atoms with Gasteiger partial charge in [0.25, 0.3) is 0 Å². The normalized spacial score (nSPS) is 9.85. The monoisotopic (exact) mass is 173 g/mol. The van der Waals surface area contributed by atoms with Crippen LogP contribution in [-0.4, -0.2) is 10.2 Å². The van der Waals surface area contributed by atoms with Crippen LogP contribution >= 0.6 is 0 Å². The Hall–Kier alpha value is -1.77. The van der Waals surface area contributed by atoms with Crippen molar-refractivity contribution in [2.24, 2.45) is 0 Å². The van der Waals surface area contributed by atoms with E-state index in [9.17, 15) is 0 Å². The fourth-order valence-electron chi connectivity index (χ4n) is 0.996. The van der Waals surface area contributed by atoms with Crippen molar-refractivity contribution in [2.45, 2.75) is 6.61 Å². The highest BCUT2D eigenvalue weighted by atomic mass is 16.5. The first-order valence-electron chi connectivity index (χ1n) is 4.03. The maximum Gasteiger partial charge on any atom is 0.132 e. The highest BCUT2D eigenvalue weighted by Gasteiger charge is 1.95. The molecular weight excluding hydrogens is 164 g/mol. The first kappa shape index (κ1) is 7.86. The second kappa shape index (κ2) is 3.76. The molecule has 2 rings (SSSR count). The van der Waals surface area contributed by atoms with Crippen LogP contribution in [0.3, 0.4) is 0 Å². The Kier molecular flexibility index (Phi) is 2.27. The van der Waals surface area contributed by atoms with Crippen LogP contribution in [0.15, 0.2) is 36.5 Å². The molecule has 0 unspecified atom stereocenters. The summed E-state index contributed by atoms with van der Waals surface area (Å²) in [6.45, 7) is 0.494. The summed E-state index contributed by atoms with van der Waals surface area (Å²) in [5.41, 5.74) is 0.896. The van der Waals surface area contributed by atoms with Crippen molar-refractivity contribution in [1.29, 1.82) is 0 Å². The molecule has 0 amide bonds. The van der Waals surface area contributed by atoms with E-state index in [0.29, 0.717) is 6.61 Å². The Morgan fingerprint density at radius 2 is 2.15 bits per heavy atom. The molecule has 0 fully saturated rings. The number of hydrogen-bond acceptors (Lipinski definition) is 2. The standard InChI is InChI=1S/C10H9N2O/c1-2-4-10(5-3-1)13-8-9-6-7-11-12-9/h2-7H,8H2,(H,11,12). The number of aromatic nitrogens is 2. The van der Waals surface area contributed by atoms with Gasteiger partial charge >= 0.3 is 0 Å². The van der Waals surface area contributed by atoms with Crippen LogP contribution in [0.2, 0.25) is 0 Å². The van der Waals surface area contributed by atoms with E-state index >= 15 is 0 Å². The molecule has 0 saturated heterocycles. The fourth-order valence-corrected chi connectivity index (χ4v) is 0.996. The van der Waals surface area contributed by atoms with Crippen molar-refractivity contribution in [3.63, 3.8) is 0 Å². The third kappa shape index (κ3) is 2.08. The maximum absolute atomic E-state index is 5.45. The van der Waals surface area contributed by atoms with Gasteiger partial charge in [-0.1, -0.05) is 12.1 Å². The summed E-state index contributed by atoms with van der Waals surface area (Å²) < 4.78 is 5.45. The van der Waals surface area contributed by atoms with Crippen LogP contribution in [-0.2, 0) is 6.61 Å². The van der Waals surface area contributed by atoms with Gasteiger partial charge in [-0.2, -0.15) is 5.10 Å². The molecule has 0 spiro atoms. The first-order valence-corrected chi connectivity index (χ1v) is 4.03. The van der Waals surface area contributed by atoms with Gasteiger partial charge in [-0.25, -0.2) is 0 Å². The molecule has 0 bridgehead atoms. The lowest BCUT2D eigenvalue weighted by molar-refractivity contribution is 0.301. The Balaban J connectivity index is 1.94. The van der Waals surface area contributed by atoms with Crippen molar-refractivity contribution in [3.05, 3.63) is 48.3 Å². The number of nitrogens with zero attached hydrogens (tertiary/aromatic N) is 1. The number of aromatic amines is 1. The number of hydrogen-bond donors (Lipinski definition) is 1. The molecule has 1 heterocycles. The molecule has 1 aromatic carbocycles. The van der Waals surface area contributed by atoms with E-state index in [1.165, 1.54) is 0 Å². The van der Waals surface area contributed by atoms with Gasteiger partial charge in [-0.3, -0.25) is 5.10 Å². The number of nitrogens with one attached hydrogen (secondary N) is 1. The minimum absolute atomic E-state index is 0.494. The first-order chi connectivity index (χ1) is 6.45. The summed E-state index contributed by atoms with van der Waals surface area (Å²) >= 11 is 0. The summed E-state index contributed by atoms with van der Waals surface area (Å²) in [7, 11) is 0. The second-order valence-corrected chi connectivity index (χ2v) is 2.59. The molecule has 0 atom stereocenters. The molecule has 3 heteroatoms. The van der Waals surface area contributed by atoms with Crippen LogP contribution in [0, 0.1) is 6.07 Å². The van der Waals surface area contributed by atoms with Gasteiger partial charge in [-0.05, 0) is 24.3 Å². The molecule has 0 aliphatic rings. The average molecular weight is 173 g/mol. The second-order valence-electron chi connectivity index (χ2n) is 2.59. The van der Waals surface area contributed by atoms with E-state index in [4.69, 9.17) is 4.74 Å². The topological polar surface area (TPSA) is 37.9 Å². The minimum atomic E-state index is 0.494. The lowest BCUT2D eigenvalue weighted by Crippen LogP contribution is -1.95. The zero-order chi connectivity index (χ0) is 8.93. The van der Waals surface area contributed by atoms with E-state index in [0.717, 1.165) is 11.4 Å². The van der Waals surface area contributed by atoms with Crippen molar-refractivity contribution in [2.75, 3.05) is 0 Å². The van der Waals surface area contributed by atoms with E-state index in [2.05, 4.69) is 16.3 Å². The molecule has 65 valence electrons. The van der Waals surface area contributed by atoms with Crippen LogP contribution in [0.25, 0.3) is 0 Å². The Labute approximate surface area is 76.4 Å². The van der Waals surface area contributed by atoms with E-state index in [-0.39, 0.29) is 0 Å². The van der Waals surface area contributed by atoms with Crippen LogP contribution in [0.5, 0.6) is 5.75 Å². The molecule has 1 radical (unpaired) electrons. The number of ether oxygens (including phenoxy) is 1. The molecule has 3 nitrogen and oxygen atoms in total. The minimum Gasteiger partial charge on any atom is -0.487 e. The SMILES string of the molecule is [c]1ccc(OCc2cc[nH]n2)cc1. The Morgan fingerprint density at radius 3 is 2.85 bits per heavy atom. The molecule has 2 aromatic rings. The van der Waals surface area contributed by atoms with Crippen LogP contribution in [0.4, 0.5) is 0 Å².